The second-order valence-corrected chi connectivity index (χ2v) is 5.47. The summed E-state index contributed by atoms with van der Waals surface area (Å²) < 4.78 is 0.898. The minimum atomic E-state index is -0.364. The van der Waals surface area contributed by atoms with Crippen molar-refractivity contribution in [2.45, 2.75) is 0 Å². The molecule has 1 aromatic carbocycles. The third kappa shape index (κ3) is 3.78. The van der Waals surface area contributed by atoms with Gasteiger partial charge in [0, 0.05) is 36.2 Å². The fraction of sp³-hybridized carbons (Fsp3) is 0.385. The number of urea groups is 1. The van der Waals surface area contributed by atoms with Crippen LogP contribution in [0.3, 0.4) is 0 Å². The van der Waals surface area contributed by atoms with Crippen LogP contribution in [0.1, 0.15) is 10.4 Å². The van der Waals surface area contributed by atoms with E-state index in [1.165, 1.54) is 0 Å². The molecular formula is C13H16BrN3O2. The molecule has 1 N–H and O–H groups in total. The fourth-order valence-corrected chi connectivity index (χ4v) is 2.12. The van der Waals surface area contributed by atoms with Crippen molar-refractivity contribution in [1.82, 2.24) is 15.1 Å². The molecule has 6 heteroatoms. The van der Waals surface area contributed by atoms with Crippen molar-refractivity contribution in [3.8, 4) is 0 Å². The Morgan fingerprint density at radius 3 is 2.26 bits per heavy atom. The molecule has 0 aromatic heterocycles. The molecule has 5 nitrogen and oxygen atoms in total. The predicted molar refractivity (Wildman–Crippen MR) is 76.1 cm³/mol. The molecule has 3 amide bonds. The molecule has 0 unspecified atom stereocenters. The summed E-state index contributed by atoms with van der Waals surface area (Å²) in [5.74, 6) is -0.364. The summed E-state index contributed by atoms with van der Waals surface area (Å²) in [4.78, 5) is 27.6. The lowest BCUT2D eigenvalue weighted by atomic mass is 10.2. The molecule has 0 aliphatic carbocycles. The topological polar surface area (TPSA) is 52.6 Å². The van der Waals surface area contributed by atoms with E-state index in [4.69, 9.17) is 0 Å². The fourth-order valence-electron chi connectivity index (χ4n) is 1.86. The van der Waals surface area contributed by atoms with E-state index in [0.29, 0.717) is 18.7 Å². The van der Waals surface area contributed by atoms with Gasteiger partial charge in [-0.2, -0.15) is 0 Å². The zero-order valence-corrected chi connectivity index (χ0v) is 12.3. The first-order valence-corrected chi connectivity index (χ1v) is 6.90. The predicted octanol–water partition coefficient (Wildman–Crippen LogP) is 1.55. The number of imide groups is 1. The maximum Gasteiger partial charge on any atom is 0.324 e. The summed E-state index contributed by atoms with van der Waals surface area (Å²) >= 11 is 3.30. The number of nitrogens with one attached hydrogen (secondary N) is 1. The Morgan fingerprint density at radius 1 is 1.11 bits per heavy atom. The number of carbonyl (C=O) groups is 2. The number of piperazine rings is 1. The highest BCUT2D eigenvalue weighted by atomic mass is 79.9. The zero-order chi connectivity index (χ0) is 13.8. The van der Waals surface area contributed by atoms with Crippen molar-refractivity contribution in [2.75, 3.05) is 33.2 Å². The lowest BCUT2D eigenvalue weighted by molar-refractivity contribution is 0.0940. The first-order chi connectivity index (χ1) is 9.06. The average molecular weight is 326 g/mol. The molecule has 1 heterocycles. The summed E-state index contributed by atoms with van der Waals surface area (Å²) in [7, 11) is 2.02. The van der Waals surface area contributed by atoms with Gasteiger partial charge in [-0.1, -0.05) is 15.9 Å². The normalized spacial score (nSPS) is 16.2. The number of rotatable bonds is 1. The monoisotopic (exact) mass is 325 g/mol. The minimum Gasteiger partial charge on any atom is -0.322 e. The summed E-state index contributed by atoms with van der Waals surface area (Å²) in [5, 5.41) is 2.41. The molecule has 2 rings (SSSR count). The average Bonchev–Trinajstić information content (AvgIpc) is 2.40. The molecule has 0 bridgehead atoms. The van der Waals surface area contributed by atoms with Crippen molar-refractivity contribution in [3.63, 3.8) is 0 Å². The highest BCUT2D eigenvalue weighted by Gasteiger charge is 2.20. The summed E-state index contributed by atoms with van der Waals surface area (Å²) in [6.07, 6.45) is 0. The van der Waals surface area contributed by atoms with Gasteiger partial charge in [0.1, 0.15) is 0 Å². The second-order valence-electron chi connectivity index (χ2n) is 4.56. The molecule has 1 saturated heterocycles. The van der Waals surface area contributed by atoms with Crippen LogP contribution in [-0.4, -0.2) is 55.0 Å². The van der Waals surface area contributed by atoms with Crippen LogP contribution in [0.15, 0.2) is 28.7 Å². The maximum absolute atomic E-state index is 11.9. The van der Waals surface area contributed by atoms with Gasteiger partial charge in [0.15, 0.2) is 0 Å². The first kappa shape index (κ1) is 14.0. The molecule has 102 valence electrons. The molecule has 19 heavy (non-hydrogen) atoms. The number of hydrogen-bond donors (Lipinski definition) is 1. The van der Waals surface area contributed by atoms with Gasteiger partial charge < -0.3 is 9.80 Å². The van der Waals surface area contributed by atoms with Crippen LogP contribution >= 0.6 is 15.9 Å². The van der Waals surface area contributed by atoms with Crippen LogP contribution in [0.2, 0.25) is 0 Å². The van der Waals surface area contributed by atoms with Crippen molar-refractivity contribution < 1.29 is 9.59 Å². The molecule has 1 aromatic rings. The van der Waals surface area contributed by atoms with E-state index >= 15 is 0 Å². The van der Waals surface area contributed by atoms with E-state index in [0.717, 1.165) is 17.6 Å². The number of benzene rings is 1. The molecule has 0 saturated carbocycles. The zero-order valence-electron chi connectivity index (χ0n) is 10.7. The van der Waals surface area contributed by atoms with Gasteiger partial charge in [-0.05, 0) is 31.3 Å². The Labute approximate surface area is 120 Å². The van der Waals surface area contributed by atoms with Crippen LogP contribution in [-0.2, 0) is 0 Å². The molecule has 1 aliphatic heterocycles. The van der Waals surface area contributed by atoms with E-state index in [-0.39, 0.29) is 11.9 Å². The summed E-state index contributed by atoms with van der Waals surface area (Å²) in [6, 6.07) is 6.58. The molecule has 1 fully saturated rings. The molecule has 1 aliphatic rings. The Morgan fingerprint density at radius 2 is 1.68 bits per heavy atom. The number of likely N-dealkylation sites (N-methyl/N-ethyl adjacent to an activating group) is 1. The van der Waals surface area contributed by atoms with Crippen molar-refractivity contribution in [3.05, 3.63) is 34.3 Å². The van der Waals surface area contributed by atoms with Crippen LogP contribution in [0.5, 0.6) is 0 Å². The van der Waals surface area contributed by atoms with Gasteiger partial charge in [0.05, 0.1) is 0 Å². The third-order valence-electron chi connectivity index (χ3n) is 3.12. The lowest BCUT2D eigenvalue weighted by Gasteiger charge is -2.32. The number of amides is 3. The molecule has 0 radical (unpaired) electrons. The van der Waals surface area contributed by atoms with Gasteiger partial charge in [-0.15, -0.1) is 0 Å². The van der Waals surface area contributed by atoms with Crippen molar-refractivity contribution in [1.29, 1.82) is 0 Å². The third-order valence-corrected chi connectivity index (χ3v) is 3.65. The quantitative estimate of drug-likeness (QED) is 0.852. The number of carbonyl (C=O) groups excluding carboxylic acids is 2. The van der Waals surface area contributed by atoms with Crippen molar-refractivity contribution >= 4 is 27.9 Å². The smallest absolute Gasteiger partial charge is 0.322 e. The Bertz CT molecular complexity index is 467. The van der Waals surface area contributed by atoms with Crippen LogP contribution < -0.4 is 5.32 Å². The highest BCUT2D eigenvalue weighted by Crippen LogP contribution is 2.10. The Balaban J connectivity index is 1.91. The molecular weight excluding hydrogens is 310 g/mol. The van der Waals surface area contributed by atoms with Gasteiger partial charge in [0.25, 0.3) is 5.91 Å². The van der Waals surface area contributed by atoms with E-state index in [1.54, 1.807) is 29.2 Å². The number of nitrogens with zero attached hydrogens (tertiary/aromatic N) is 2. The minimum absolute atomic E-state index is 0.319. The van der Waals surface area contributed by atoms with E-state index < -0.39 is 0 Å². The standard InChI is InChI=1S/C13H16BrN3O2/c1-16-6-8-17(9-7-16)13(19)15-12(18)10-2-4-11(14)5-3-10/h2-5H,6-9H2,1H3,(H,15,18,19). The Kier molecular flexibility index (Phi) is 4.55. The first-order valence-electron chi connectivity index (χ1n) is 6.10. The van der Waals surface area contributed by atoms with E-state index in [2.05, 4.69) is 26.1 Å². The van der Waals surface area contributed by atoms with Crippen molar-refractivity contribution in [2.24, 2.45) is 0 Å². The Hall–Kier alpha value is -1.40. The number of hydrogen-bond acceptors (Lipinski definition) is 3. The molecule has 0 spiro atoms. The van der Waals surface area contributed by atoms with Gasteiger partial charge >= 0.3 is 6.03 Å². The van der Waals surface area contributed by atoms with Gasteiger partial charge in [0.2, 0.25) is 0 Å². The summed E-state index contributed by atoms with van der Waals surface area (Å²) in [6.45, 7) is 2.96. The highest BCUT2D eigenvalue weighted by molar-refractivity contribution is 9.10. The summed E-state index contributed by atoms with van der Waals surface area (Å²) in [5.41, 5.74) is 0.477. The van der Waals surface area contributed by atoms with Crippen LogP contribution in [0.4, 0.5) is 4.79 Å². The van der Waals surface area contributed by atoms with E-state index in [9.17, 15) is 9.59 Å². The van der Waals surface area contributed by atoms with E-state index in [1.807, 2.05) is 7.05 Å². The van der Waals surface area contributed by atoms with Crippen LogP contribution in [0.25, 0.3) is 0 Å². The lowest BCUT2D eigenvalue weighted by Crippen LogP contribution is -2.51. The largest absolute Gasteiger partial charge is 0.324 e. The van der Waals surface area contributed by atoms with Crippen LogP contribution in [0, 0.1) is 0 Å². The molecule has 0 atom stereocenters. The SMILES string of the molecule is CN1CCN(C(=O)NC(=O)c2ccc(Br)cc2)CC1. The second kappa shape index (κ2) is 6.16. The number of halogens is 1. The maximum atomic E-state index is 11.9. The van der Waals surface area contributed by atoms with Gasteiger partial charge in [-0.25, -0.2) is 4.79 Å². The van der Waals surface area contributed by atoms with Gasteiger partial charge in [-0.3, -0.25) is 10.1 Å².